The maximum absolute atomic E-state index is 14.0. The number of rotatable bonds is 2. The smallest absolute Gasteiger partial charge is 0.227 e. The highest BCUT2D eigenvalue weighted by Gasteiger charge is 2.25. The molecular weight excluding hydrogens is 430 g/mol. The van der Waals surface area contributed by atoms with E-state index < -0.39 is 15.8 Å². The van der Waals surface area contributed by atoms with Crippen LogP contribution in [0.1, 0.15) is 11.1 Å². The second-order valence-corrected chi connectivity index (χ2v) is 7.91. The minimum atomic E-state index is -3.93. The molecule has 3 aromatic rings. The van der Waals surface area contributed by atoms with Gasteiger partial charge in [0.2, 0.25) is 0 Å². The fourth-order valence-corrected chi connectivity index (χ4v) is 5.11. The van der Waals surface area contributed by atoms with E-state index in [1.165, 1.54) is 30.3 Å². The van der Waals surface area contributed by atoms with Gasteiger partial charge in [0, 0.05) is 5.39 Å². The molecule has 0 aliphatic rings. The van der Waals surface area contributed by atoms with Crippen LogP contribution in [0.25, 0.3) is 10.9 Å². The summed E-state index contributed by atoms with van der Waals surface area (Å²) in [5.41, 5.74) is 1.11. The summed E-state index contributed by atoms with van der Waals surface area (Å²) in [6.45, 7) is 1.86. The van der Waals surface area contributed by atoms with Crippen molar-refractivity contribution in [3.8, 4) is 6.07 Å². The minimum Gasteiger partial charge on any atom is -0.227 e. The number of hydrogen-bond donors (Lipinski definition) is 0. The quantitative estimate of drug-likeness (QED) is 0.570. The molecule has 4 nitrogen and oxygen atoms in total. The fourth-order valence-electron chi connectivity index (χ4n) is 2.36. The lowest BCUT2D eigenvalue weighted by molar-refractivity contribution is 0.588. The molecule has 0 aliphatic carbocycles. The van der Waals surface area contributed by atoms with E-state index in [0.717, 1.165) is 9.54 Å². The van der Waals surface area contributed by atoms with Gasteiger partial charge in [0.25, 0.3) is 10.0 Å². The molecule has 0 aliphatic heterocycles. The van der Waals surface area contributed by atoms with Crippen LogP contribution < -0.4 is 0 Å². The van der Waals surface area contributed by atoms with Gasteiger partial charge in [-0.05, 0) is 59.8 Å². The van der Waals surface area contributed by atoms with Crippen molar-refractivity contribution in [3.63, 3.8) is 0 Å². The highest BCUT2D eigenvalue weighted by molar-refractivity contribution is 14.1. The lowest BCUT2D eigenvalue weighted by Gasteiger charge is -2.10. The van der Waals surface area contributed by atoms with Crippen LogP contribution in [0.5, 0.6) is 0 Å². The van der Waals surface area contributed by atoms with Crippen LogP contribution in [-0.4, -0.2) is 12.4 Å². The van der Waals surface area contributed by atoms with Gasteiger partial charge < -0.3 is 0 Å². The zero-order chi connectivity index (χ0) is 16.8. The first kappa shape index (κ1) is 16.0. The number of nitriles is 1. The summed E-state index contributed by atoms with van der Waals surface area (Å²) >= 11 is 1.83. The molecule has 0 radical (unpaired) electrons. The number of fused-ring (bicyclic) bond motifs is 1. The monoisotopic (exact) mass is 440 g/mol. The zero-order valence-electron chi connectivity index (χ0n) is 11.9. The van der Waals surface area contributed by atoms with Crippen LogP contribution in [0.4, 0.5) is 4.39 Å². The minimum absolute atomic E-state index is 0.0671. The summed E-state index contributed by atoms with van der Waals surface area (Å²) in [6, 6.07) is 12.2. The molecule has 1 aromatic heterocycles. The first-order valence-electron chi connectivity index (χ1n) is 6.58. The van der Waals surface area contributed by atoms with Gasteiger partial charge in [-0.15, -0.1) is 0 Å². The number of aromatic nitrogens is 1. The first-order valence-corrected chi connectivity index (χ1v) is 9.10. The van der Waals surface area contributed by atoms with Crippen molar-refractivity contribution < 1.29 is 12.8 Å². The van der Waals surface area contributed by atoms with E-state index in [0.29, 0.717) is 3.70 Å². The van der Waals surface area contributed by atoms with Gasteiger partial charge in [0.15, 0.2) is 0 Å². The van der Waals surface area contributed by atoms with Crippen molar-refractivity contribution in [2.45, 2.75) is 11.8 Å². The third kappa shape index (κ3) is 2.52. The van der Waals surface area contributed by atoms with Crippen molar-refractivity contribution in [1.29, 1.82) is 5.26 Å². The summed E-state index contributed by atoms with van der Waals surface area (Å²) in [5, 5.41) is 9.36. The molecule has 0 N–H and O–H groups in total. The molecule has 0 fully saturated rings. The van der Waals surface area contributed by atoms with Crippen LogP contribution in [0.2, 0.25) is 0 Å². The molecular formula is C16H10FIN2O2S. The van der Waals surface area contributed by atoms with Crippen LogP contribution in [0.15, 0.2) is 47.4 Å². The van der Waals surface area contributed by atoms with Gasteiger partial charge in [-0.25, -0.2) is 16.8 Å². The number of benzene rings is 2. The summed E-state index contributed by atoms with van der Waals surface area (Å²) in [4.78, 5) is 0.0895. The Labute approximate surface area is 146 Å². The third-order valence-corrected chi connectivity index (χ3v) is 6.35. The lowest BCUT2D eigenvalue weighted by Crippen LogP contribution is -2.15. The molecule has 7 heteroatoms. The van der Waals surface area contributed by atoms with Crippen LogP contribution in [0.3, 0.4) is 0 Å². The van der Waals surface area contributed by atoms with E-state index in [2.05, 4.69) is 0 Å². The average molecular weight is 440 g/mol. The van der Waals surface area contributed by atoms with Gasteiger partial charge in [0.05, 0.1) is 19.7 Å². The Balaban J connectivity index is 2.40. The molecule has 2 aromatic carbocycles. The van der Waals surface area contributed by atoms with Crippen molar-refractivity contribution in [1.82, 2.24) is 3.97 Å². The van der Waals surface area contributed by atoms with E-state index in [9.17, 15) is 18.1 Å². The maximum atomic E-state index is 14.0. The molecule has 23 heavy (non-hydrogen) atoms. The van der Waals surface area contributed by atoms with Gasteiger partial charge in [-0.1, -0.05) is 17.7 Å². The second kappa shape index (κ2) is 5.62. The van der Waals surface area contributed by atoms with Gasteiger partial charge in [-0.2, -0.15) is 5.26 Å². The lowest BCUT2D eigenvalue weighted by atomic mass is 10.1. The van der Waals surface area contributed by atoms with Crippen molar-refractivity contribution >= 4 is 43.5 Å². The molecule has 1 heterocycles. The highest BCUT2D eigenvalue weighted by Crippen LogP contribution is 2.30. The predicted octanol–water partition coefficient (Wildman–Crippen LogP) is 3.80. The Hall–Kier alpha value is -1.92. The van der Waals surface area contributed by atoms with Crippen LogP contribution in [-0.2, 0) is 10.0 Å². The zero-order valence-corrected chi connectivity index (χ0v) is 14.9. The van der Waals surface area contributed by atoms with Gasteiger partial charge >= 0.3 is 0 Å². The maximum Gasteiger partial charge on any atom is 0.269 e. The topological polar surface area (TPSA) is 62.9 Å². The van der Waals surface area contributed by atoms with E-state index >= 15 is 0 Å². The Morgan fingerprint density at radius 1 is 1.17 bits per heavy atom. The summed E-state index contributed by atoms with van der Waals surface area (Å²) in [7, 11) is -3.93. The highest BCUT2D eigenvalue weighted by atomic mass is 127. The first-order chi connectivity index (χ1) is 10.9. The van der Waals surface area contributed by atoms with Crippen molar-refractivity contribution in [2.24, 2.45) is 0 Å². The van der Waals surface area contributed by atoms with E-state index in [1.807, 2.05) is 35.6 Å². The largest absolute Gasteiger partial charge is 0.269 e. The third-order valence-electron chi connectivity index (χ3n) is 3.50. The molecule has 0 spiro atoms. The fraction of sp³-hybridized carbons (Fsp3) is 0.0625. The van der Waals surface area contributed by atoms with Crippen LogP contribution in [0, 0.1) is 27.8 Å². The predicted molar refractivity (Wildman–Crippen MR) is 93.1 cm³/mol. The van der Waals surface area contributed by atoms with Crippen LogP contribution >= 0.6 is 22.6 Å². The molecule has 0 saturated heterocycles. The standard InChI is InChI=1S/C16H10FIN2O2S/c1-10-2-5-12(6-3-10)23(21,22)20-15(18)8-13-14(17)7-4-11(9-19)16(13)20/h2-8H,1H3. The number of halogens is 2. The SMILES string of the molecule is Cc1ccc(S(=O)(=O)n2c(I)cc3c(F)ccc(C#N)c32)cc1. The van der Waals surface area contributed by atoms with Crippen molar-refractivity contribution in [2.75, 3.05) is 0 Å². The van der Waals surface area contributed by atoms with Crippen molar-refractivity contribution in [3.05, 3.63) is 63.1 Å². The Morgan fingerprint density at radius 3 is 2.43 bits per heavy atom. The molecule has 0 unspecified atom stereocenters. The molecule has 0 atom stereocenters. The van der Waals surface area contributed by atoms with E-state index in [1.54, 1.807) is 12.1 Å². The number of nitrogens with zero attached hydrogens (tertiary/aromatic N) is 2. The molecule has 0 amide bonds. The van der Waals surface area contributed by atoms with Gasteiger partial charge in [-0.3, -0.25) is 0 Å². The summed E-state index contributed by atoms with van der Waals surface area (Å²) < 4.78 is 41.3. The number of hydrogen-bond acceptors (Lipinski definition) is 3. The molecule has 3 rings (SSSR count). The summed E-state index contributed by atoms with van der Waals surface area (Å²) in [5.74, 6) is -0.560. The summed E-state index contributed by atoms with van der Waals surface area (Å²) in [6.07, 6.45) is 0. The molecule has 0 saturated carbocycles. The average Bonchev–Trinajstić information content (AvgIpc) is 2.87. The molecule has 0 bridgehead atoms. The van der Waals surface area contributed by atoms with E-state index in [-0.39, 0.29) is 21.4 Å². The Bertz CT molecular complexity index is 1060. The van der Waals surface area contributed by atoms with E-state index in [4.69, 9.17) is 0 Å². The Kier molecular flexibility index (Phi) is 3.90. The Morgan fingerprint density at radius 2 is 1.83 bits per heavy atom. The second-order valence-electron chi connectivity index (χ2n) is 5.02. The number of aryl methyl sites for hydroxylation is 1. The normalized spacial score (nSPS) is 11.6. The van der Waals surface area contributed by atoms with Gasteiger partial charge in [0.1, 0.15) is 11.9 Å². The molecule has 116 valence electrons.